The maximum Gasteiger partial charge on any atom is 0.490 e. The molecule has 0 aromatic carbocycles. The van der Waals surface area contributed by atoms with Gasteiger partial charge in [0.05, 0.1) is 0 Å². The summed E-state index contributed by atoms with van der Waals surface area (Å²) in [4.78, 5) is 24.1. The number of carboxylic acid groups (broad SMARTS) is 1. The van der Waals surface area contributed by atoms with Crippen LogP contribution in [0.3, 0.4) is 0 Å². The van der Waals surface area contributed by atoms with E-state index in [-0.39, 0.29) is 5.69 Å². The Kier molecular flexibility index (Phi) is 7.08. The van der Waals surface area contributed by atoms with Gasteiger partial charge in [-0.2, -0.15) is 13.2 Å². The minimum Gasteiger partial charge on any atom is -0.475 e. The highest BCUT2D eigenvalue weighted by atomic mass is 19.4. The molecule has 1 amide bonds. The fourth-order valence-electron chi connectivity index (χ4n) is 2.12. The molecule has 2 rings (SSSR count). The fraction of sp³-hybridized carbons (Fsp3) is 0.500. The number of carbonyl (C=O) groups is 2. The summed E-state index contributed by atoms with van der Waals surface area (Å²) in [5, 5.41) is 12.8. The molecule has 1 aromatic rings. The summed E-state index contributed by atoms with van der Waals surface area (Å²) in [5.41, 5.74) is 0.752. The number of alkyl halides is 3. The van der Waals surface area contributed by atoms with Crippen LogP contribution in [0.15, 0.2) is 12.3 Å². The molecule has 134 valence electrons. The number of carbonyl (C=O) groups excluding carboxylic acids is 1. The van der Waals surface area contributed by atoms with Crippen molar-refractivity contribution < 1.29 is 32.3 Å². The molecule has 1 aromatic heterocycles. The molecule has 0 radical (unpaired) electrons. The van der Waals surface area contributed by atoms with E-state index in [1.54, 1.807) is 6.20 Å². The molecule has 1 saturated heterocycles. The molecule has 0 unspecified atom stereocenters. The smallest absolute Gasteiger partial charge is 0.475 e. The van der Waals surface area contributed by atoms with E-state index in [0.29, 0.717) is 5.92 Å². The van der Waals surface area contributed by atoms with E-state index in [9.17, 15) is 22.4 Å². The number of piperidine rings is 1. The minimum absolute atomic E-state index is 0.134. The van der Waals surface area contributed by atoms with Gasteiger partial charge in [0.25, 0.3) is 5.91 Å². The second-order valence-electron chi connectivity index (χ2n) is 5.01. The minimum atomic E-state index is -5.08. The third-order valence-corrected chi connectivity index (χ3v) is 3.36. The number of halogens is 4. The van der Waals surface area contributed by atoms with Crippen molar-refractivity contribution in [1.29, 1.82) is 0 Å². The second-order valence-corrected chi connectivity index (χ2v) is 5.01. The van der Waals surface area contributed by atoms with Crippen LogP contribution in [-0.4, -0.2) is 48.3 Å². The monoisotopic (exact) mass is 351 g/mol. The van der Waals surface area contributed by atoms with Gasteiger partial charge in [-0.1, -0.05) is 0 Å². The first-order valence-corrected chi connectivity index (χ1v) is 7.05. The van der Waals surface area contributed by atoms with Gasteiger partial charge in [-0.05, 0) is 43.5 Å². The first kappa shape index (κ1) is 19.8. The second kappa shape index (κ2) is 8.57. The van der Waals surface area contributed by atoms with Crippen molar-refractivity contribution in [3.05, 3.63) is 29.3 Å². The molecule has 6 nitrogen and oxygen atoms in total. The number of pyridine rings is 1. The Morgan fingerprint density at radius 1 is 1.33 bits per heavy atom. The predicted octanol–water partition coefficient (Wildman–Crippen LogP) is 1.68. The van der Waals surface area contributed by atoms with E-state index in [4.69, 9.17) is 9.90 Å². The topological polar surface area (TPSA) is 91.3 Å². The normalized spacial score (nSPS) is 15.2. The molecule has 0 atom stereocenters. The lowest BCUT2D eigenvalue weighted by Gasteiger charge is -2.22. The molecule has 0 saturated carbocycles. The molecule has 1 fully saturated rings. The van der Waals surface area contributed by atoms with Crippen LogP contribution in [0.25, 0.3) is 0 Å². The number of aromatic nitrogens is 1. The quantitative estimate of drug-likeness (QED) is 0.705. The first-order chi connectivity index (χ1) is 11.2. The Bertz CT molecular complexity index is 587. The number of carboxylic acids is 1. The summed E-state index contributed by atoms with van der Waals surface area (Å²) in [6.45, 7) is 1.90. The van der Waals surface area contributed by atoms with E-state index in [0.717, 1.165) is 31.5 Å². The lowest BCUT2D eigenvalue weighted by molar-refractivity contribution is -0.192. The van der Waals surface area contributed by atoms with E-state index < -0.39 is 23.9 Å². The maximum absolute atomic E-state index is 13.7. The molecule has 2 heterocycles. The van der Waals surface area contributed by atoms with Gasteiger partial charge >= 0.3 is 12.1 Å². The predicted molar refractivity (Wildman–Crippen MR) is 76.1 cm³/mol. The third-order valence-electron chi connectivity index (χ3n) is 3.36. The van der Waals surface area contributed by atoms with Gasteiger partial charge in [0.1, 0.15) is 0 Å². The third kappa shape index (κ3) is 5.76. The Balaban J connectivity index is 0.000000351. The molecule has 10 heteroatoms. The highest BCUT2D eigenvalue weighted by Crippen LogP contribution is 2.25. The SMILES string of the molecule is CNC(=O)c1ncc(C2CCNCC2)cc1F.O=C(O)C(F)(F)F. The molecular formula is C14H17F4N3O3. The number of amides is 1. The molecule has 24 heavy (non-hydrogen) atoms. The van der Waals surface area contributed by atoms with Crippen molar-refractivity contribution in [3.8, 4) is 0 Å². The first-order valence-electron chi connectivity index (χ1n) is 7.05. The van der Waals surface area contributed by atoms with E-state index in [1.165, 1.54) is 13.1 Å². The lowest BCUT2D eigenvalue weighted by Crippen LogP contribution is -2.27. The van der Waals surface area contributed by atoms with Gasteiger partial charge < -0.3 is 15.7 Å². The van der Waals surface area contributed by atoms with Crippen molar-refractivity contribution in [2.75, 3.05) is 20.1 Å². The summed E-state index contributed by atoms with van der Waals surface area (Å²) in [5.74, 6) is -3.44. The summed E-state index contributed by atoms with van der Waals surface area (Å²) in [6, 6.07) is 1.44. The van der Waals surface area contributed by atoms with Gasteiger partial charge in [-0.3, -0.25) is 4.79 Å². The molecule has 0 bridgehead atoms. The Morgan fingerprint density at radius 3 is 2.29 bits per heavy atom. The van der Waals surface area contributed by atoms with Crippen LogP contribution in [0.1, 0.15) is 34.8 Å². The molecule has 0 spiro atoms. The zero-order valence-corrected chi connectivity index (χ0v) is 12.8. The van der Waals surface area contributed by atoms with Crippen molar-refractivity contribution in [2.45, 2.75) is 24.9 Å². The van der Waals surface area contributed by atoms with Crippen LogP contribution in [0.4, 0.5) is 17.6 Å². The lowest BCUT2D eigenvalue weighted by atomic mass is 9.91. The van der Waals surface area contributed by atoms with E-state index in [2.05, 4.69) is 15.6 Å². The van der Waals surface area contributed by atoms with Gasteiger partial charge in [0.2, 0.25) is 0 Å². The Morgan fingerprint density at radius 2 is 1.88 bits per heavy atom. The van der Waals surface area contributed by atoms with E-state index in [1.807, 2.05) is 0 Å². The van der Waals surface area contributed by atoms with Gasteiger partial charge in [-0.25, -0.2) is 14.2 Å². The Hall–Kier alpha value is -2.23. The van der Waals surface area contributed by atoms with Gasteiger partial charge in [0, 0.05) is 13.2 Å². The largest absolute Gasteiger partial charge is 0.490 e. The van der Waals surface area contributed by atoms with Crippen LogP contribution in [0, 0.1) is 5.82 Å². The molecule has 3 N–H and O–H groups in total. The summed E-state index contributed by atoms with van der Waals surface area (Å²) in [7, 11) is 1.46. The standard InChI is InChI=1S/C12H16FN3O.C2HF3O2/c1-14-12(17)11-10(13)6-9(7-16-11)8-2-4-15-5-3-8;3-2(4,5)1(6)7/h6-8,15H,2-5H2,1H3,(H,14,17);(H,6,7). The number of hydrogen-bond donors (Lipinski definition) is 3. The van der Waals surface area contributed by atoms with Crippen molar-refractivity contribution in [1.82, 2.24) is 15.6 Å². The number of hydrogen-bond acceptors (Lipinski definition) is 4. The number of nitrogens with one attached hydrogen (secondary N) is 2. The van der Waals surface area contributed by atoms with Crippen LogP contribution >= 0.6 is 0 Å². The highest BCUT2D eigenvalue weighted by Gasteiger charge is 2.38. The summed E-state index contributed by atoms with van der Waals surface area (Å²) in [6.07, 6.45) is -1.50. The average molecular weight is 351 g/mol. The highest BCUT2D eigenvalue weighted by molar-refractivity contribution is 5.92. The fourth-order valence-corrected chi connectivity index (χ4v) is 2.12. The van der Waals surface area contributed by atoms with E-state index >= 15 is 0 Å². The molecule has 1 aliphatic heterocycles. The van der Waals surface area contributed by atoms with Gasteiger partial charge in [0.15, 0.2) is 11.5 Å². The molecule has 1 aliphatic rings. The van der Waals surface area contributed by atoms with Crippen molar-refractivity contribution in [3.63, 3.8) is 0 Å². The summed E-state index contributed by atoms with van der Waals surface area (Å²) < 4.78 is 45.4. The zero-order valence-electron chi connectivity index (χ0n) is 12.8. The Labute approximate surface area is 135 Å². The maximum atomic E-state index is 13.7. The number of rotatable bonds is 2. The van der Waals surface area contributed by atoms with Crippen molar-refractivity contribution in [2.24, 2.45) is 0 Å². The molecular weight excluding hydrogens is 334 g/mol. The van der Waals surface area contributed by atoms with Crippen LogP contribution < -0.4 is 10.6 Å². The van der Waals surface area contributed by atoms with Crippen LogP contribution in [-0.2, 0) is 4.79 Å². The van der Waals surface area contributed by atoms with Crippen LogP contribution in [0.5, 0.6) is 0 Å². The summed E-state index contributed by atoms with van der Waals surface area (Å²) >= 11 is 0. The molecule has 0 aliphatic carbocycles. The zero-order chi connectivity index (χ0) is 18.3. The number of nitrogens with zero attached hydrogens (tertiary/aromatic N) is 1. The average Bonchev–Trinajstić information content (AvgIpc) is 2.54. The van der Waals surface area contributed by atoms with Crippen LogP contribution in [0.2, 0.25) is 0 Å². The van der Waals surface area contributed by atoms with Crippen molar-refractivity contribution >= 4 is 11.9 Å². The number of aliphatic carboxylic acids is 1. The van der Waals surface area contributed by atoms with Gasteiger partial charge in [-0.15, -0.1) is 0 Å².